The van der Waals surface area contributed by atoms with Gasteiger partial charge >= 0.3 is 0 Å². The molecule has 1 heterocycles. The molecular weight excluding hydrogens is 206 g/mol. The van der Waals surface area contributed by atoms with E-state index in [2.05, 4.69) is 28.5 Å². The molecule has 0 bridgehead atoms. The summed E-state index contributed by atoms with van der Waals surface area (Å²) < 4.78 is 4.32. The lowest BCUT2D eigenvalue weighted by atomic mass is 9.70. The third-order valence-electron chi connectivity index (χ3n) is 3.17. The van der Waals surface area contributed by atoms with Gasteiger partial charge in [0.2, 0.25) is 5.13 Å². The number of rotatable bonds is 5. The number of nitrogens with one attached hydrogen (secondary N) is 1. The predicted octanol–water partition coefficient (Wildman–Crippen LogP) is 3.09. The first-order valence-electron chi connectivity index (χ1n) is 5.78. The number of nitrogens with zero attached hydrogens (tertiary/aromatic N) is 2. The van der Waals surface area contributed by atoms with Crippen molar-refractivity contribution in [3.63, 3.8) is 0 Å². The van der Waals surface area contributed by atoms with Crippen LogP contribution in [0.3, 0.4) is 0 Å². The maximum Gasteiger partial charge on any atom is 0.202 e. The van der Waals surface area contributed by atoms with Crippen LogP contribution in [0.4, 0.5) is 5.13 Å². The molecule has 1 aromatic heterocycles. The normalized spacial score (nSPS) is 18.5. The van der Waals surface area contributed by atoms with Gasteiger partial charge in [0, 0.05) is 24.5 Å². The lowest BCUT2D eigenvalue weighted by molar-refractivity contribution is 0.180. The number of aromatic nitrogens is 2. The third-order valence-corrected chi connectivity index (χ3v) is 3.88. The molecule has 3 nitrogen and oxygen atoms in total. The molecule has 4 heteroatoms. The molecule has 1 fully saturated rings. The molecule has 0 atom stereocenters. The molecule has 0 saturated heterocycles. The first-order chi connectivity index (χ1) is 7.22. The first-order valence-corrected chi connectivity index (χ1v) is 6.56. The molecular formula is C11H19N3S. The van der Waals surface area contributed by atoms with Gasteiger partial charge in [-0.15, -0.1) is 0 Å². The molecule has 0 aromatic carbocycles. The molecule has 2 rings (SSSR count). The Hall–Kier alpha value is -0.640. The SMILES string of the molecule is CCCc1nsc(NCC2(C)CCC2)n1. The fourth-order valence-electron chi connectivity index (χ4n) is 1.90. The smallest absolute Gasteiger partial charge is 0.202 e. The highest BCUT2D eigenvalue weighted by Crippen LogP contribution is 2.40. The molecule has 1 N–H and O–H groups in total. The van der Waals surface area contributed by atoms with E-state index in [1.807, 2.05) is 0 Å². The molecule has 0 spiro atoms. The van der Waals surface area contributed by atoms with E-state index >= 15 is 0 Å². The zero-order valence-electron chi connectivity index (χ0n) is 9.55. The van der Waals surface area contributed by atoms with Crippen LogP contribution in [0.2, 0.25) is 0 Å². The Bertz CT molecular complexity index is 317. The second-order valence-electron chi connectivity index (χ2n) is 4.78. The fourth-order valence-corrected chi connectivity index (χ4v) is 2.50. The van der Waals surface area contributed by atoms with Crippen molar-refractivity contribution >= 4 is 16.7 Å². The molecule has 1 aromatic rings. The van der Waals surface area contributed by atoms with Gasteiger partial charge in [-0.25, -0.2) is 4.98 Å². The van der Waals surface area contributed by atoms with E-state index < -0.39 is 0 Å². The Labute approximate surface area is 95.5 Å². The Balaban J connectivity index is 1.82. The van der Waals surface area contributed by atoms with Crippen molar-refractivity contribution in [3.05, 3.63) is 5.82 Å². The van der Waals surface area contributed by atoms with Gasteiger partial charge in [-0.05, 0) is 24.7 Å². The van der Waals surface area contributed by atoms with Crippen LogP contribution in [-0.4, -0.2) is 15.9 Å². The molecule has 0 aliphatic heterocycles. The summed E-state index contributed by atoms with van der Waals surface area (Å²) in [6.45, 7) is 5.55. The minimum Gasteiger partial charge on any atom is -0.360 e. The molecule has 1 saturated carbocycles. The minimum atomic E-state index is 0.511. The topological polar surface area (TPSA) is 37.8 Å². The van der Waals surface area contributed by atoms with Gasteiger partial charge in [0.15, 0.2) is 0 Å². The van der Waals surface area contributed by atoms with Crippen LogP contribution < -0.4 is 5.32 Å². The van der Waals surface area contributed by atoms with Crippen LogP contribution in [0.25, 0.3) is 0 Å². The van der Waals surface area contributed by atoms with Crippen LogP contribution in [0, 0.1) is 5.41 Å². The summed E-state index contributed by atoms with van der Waals surface area (Å²) in [4.78, 5) is 4.46. The predicted molar refractivity (Wildman–Crippen MR) is 64.4 cm³/mol. The van der Waals surface area contributed by atoms with Gasteiger partial charge < -0.3 is 5.32 Å². The molecule has 1 aliphatic rings. The monoisotopic (exact) mass is 225 g/mol. The number of hydrogen-bond acceptors (Lipinski definition) is 4. The number of aryl methyl sites for hydroxylation is 1. The number of anilines is 1. The van der Waals surface area contributed by atoms with Gasteiger partial charge in [0.1, 0.15) is 5.82 Å². The van der Waals surface area contributed by atoms with E-state index in [0.717, 1.165) is 30.3 Å². The van der Waals surface area contributed by atoms with Crippen molar-refractivity contribution in [2.75, 3.05) is 11.9 Å². The largest absolute Gasteiger partial charge is 0.360 e. The van der Waals surface area contributed by atoms with Crippen LogP contribution in [0.1, 0.15) is 45.4 Å². The van der Waals surface area contributed by atoms with E-state index in [9.17, 15) is 0 Å². The van der Waals surface area contributed by atoms with Crippen LogP contribution in [0.15, 0.2) is 0 Å². The molecule has 0 amide bonds. The van der Waals surface area contributed by atoms with Crippen molar-refractivity contribution < 1.29 is 0 Å². The van der Waals surface area contributed by atoms with Gasteiger partial charge in [-0.2, -0.15) is 4.37 Å². The quantitative estimate of drug-likeness (QED) is 0.836. The maximum absolute atomic E-state index is 4.46. The summed E-state index contributed by atoms with van der Waals surface area (Å²) in [5.41, 5.74) is 0.511. The maximum atomic E-state index is 4.46. The van der Waals surface area contributed by atoms with Gasteiger partial charge in [-0.3, -0.25) is 0 Å². The minimum absolute atomic E-state index is 0.511. The second-order valence-corrected chi connectivity index (χ2v) is 5.54. The standard InChI is InChI=1S/C11H19N3S/c1-3-5-9-13-10(15-14-9)12-8-11(2)6-4-7-11/h3-8H2,1-2H3,(H,12,13,14). The summed E-state index contributed by atoms with van der Waals surface area (Å²) in [5.74, 6) is 0.990. The van der Waals surface area contributed by atoms with Crippen LogP contribution >= 0.6 is 11.5 Å². The summed E-state index contributed by atoms with van der Waals surface area (Å²) >= 11 is 1.49. The van der Waals surface area contributed by atoms with Crippen LogP contribution in [-0.2, 0) is 6.42 Å². The summed E-state index contributed by atoms with van der Waals surface area (Å²) in [6, 6.07) is 0. The van der Waals surface area contributed by atoms with Crippen molar-refractivity contribution in [1.82, 2.24) is 9.36 Å². The van der Waals surface area contributed by atoms with E-state index in [1.54, 1.807) is 0 Å². The van der Waals surface area contributed by atoms with E-state index in [1.165, 1.54) is 30.8 Å². The van der Waals surface area contributed by atoms with Crippen molar-refractivity contribution in [2.24, 2.45) is 5.41 Å². The zero-order valence-corrected chi connectivity index (χ0v) is 10.4. The summed E-state index contributed by atoms with van der Waals surface area (Å²) in [6.07, 6.45) is 6.19. The Kier molecular flexibility index (Phi) is 3.24. The third kappa shape index (κ3) is 2.68. The van der Waals surface area contributed by atoms with Gasteiger partial charge in [-0.1, -0.05) is 20.3 Å². The zero-order chi connectivity index (χ0) is 10.7. The van der Waals surface area contributed by atoms with Crippen LogP contribution in [0.5, 0.6) is 0 Å². The van der Waals surface area contributed by atoms with Crippen molar-refractivity contribution in [2.45, 2.75) is 46.0 Å². The van der Waals surface area contributed by atoms with Crippen molar-refractivity contribution in [1.29, 1.82) is 0 Å². The lowest BCUT2D eigenvalue weighted by Crippen LogP contribution is -2.33. The second kappa shape index (κ2) is 4.47. The number of hydrogen-bond donors (Lipinski definition) is 1. The molecule has 1 aliphatic carbocycles. The summed E-state index contributed by atoms with van der Waals surface area (Å²) in [7, 11) is 0. The van der Waals surface area contributed by atoms with Gasteiger partial charge in [0.05, 0.1) is 0 Å². The Morgan fingerprint density at radius 1 is 1.47 bits per heavy atom. The summed E-state index contributed by atoms with van der Waals surface area (Å²) in [5, 5.41) is 4.40. The van der Waals surface area contributed by atoms with E-state index in [0.29, 0.717) is 5.41 Å². The highest BCUT2D eigenvalue weighted by molar-refractivity contribution is 7.09. The Morgan fingerprint density at radius 3 is 2.87 bits per heavy atom. The first kappa shape index (κ1) is 10.9. The van der Waals surface area contributed by atoms with E-state index in [-0.39, 0.29) is 0 Å². The molecule has 15 heavy (non-hydrogen) atoms. The Morgan fingerprint density at radius 2 is 2.27 bits per heavy atom. The van der Waals surface area contributed by atoms with Gasteiger partial charge in [0.25, 0.3) is 0 Å². The molecule has 0 radical (unpaired) electrons. The lowest BCUT2D eigenvalue weighted by Gasteiger charge is -2.38. The fraction of sp³-hybridized carbons (Fsp3) is 0.818. The molecule has 0 unspecified atom stereocenters. The average molecular weight is 225 g/mol. The van der Waals surface area contributed by atoms with Crippen molar-refractivity contribution in [3.8, 4) is 0 Å². The highest BCUT2D eigenvalue weighted by atomic mass is 32.1. The average Bonchev–Trinajstić information content (AvgIpc) is 2.60. The highest BCUT2D eigenvalue weighted by Gasteiger charge is 2.31. The van der Waals surface area contributed by atoms with E-state index in [4.69, 9.17) is 0 Å². The molecule has 84 valence electrons.